The van der Waals surface area contributed by atoms with Crippen LogP contribution in [0.3, 0.4) is 0 Å². The SMILES string of the molecule is CCCN(C(=O)OCC1c2ccccc2-c2ccccc21)C1(C(=O)O)CC1. The fraction of sp³-hybridized carbons (Fsp3) is 0.364. The van der Waals surface area contributed by atoms with Gasteiger partial charge in [0.25, 0.3) is 0 Å². The van der Waals surface area contributed by atoms with Crippen LogP contribution >= 0.6 is 0 Å². The lowest BCUT2D eigenvalue weighted by Gasteiger charge is -2.28. The molecular formula is C22H23NO4. The number of amides is 1. The lowest BCUT2D eigenvalue weighted by atomic mass is 9.98. The third-order valence-corrected chi connectivity index (χ3v) is 5.64. The van der Waals surface area contributed by atoms with E-state index in [9.17, 15) is 14.7 Å². The number of nitrogens with zero attached hydrogens (tertiary/aromatic N) is 1. The van der Waals surface area contributed by atoms with Gasteiger partial charge in [0.1, 0.15) is 12.1 Å². The number of carboxylic acid groups (broad SMARTS) is 1. The lowest BCUT2D eigenvalue weighted by molar-refractivity contribution is -0.144. The Labute approximate surface area is 158 Å². The topological polar surface area (TPSA) is 66.8 Å². The van der Waals surface area contributed by atoms with Gasteiger partial charge in [-0.1, -0.05) is 55.5 Å². The average Bonchev–Trinajstić information content (AvgIpc) is 3.43. The highest BCUT2D eigenvalue weighted by Gasteiger charge is 2.57. The molecule has 0 heterocycles. The van der Waals surface area contributed by atoms with Gasteiger partial charge in [-0.2, -0.15) is 0 Å². The molecule has 1 saturated carbocycles. The highest BCUT2D eigenvalue weighted by atomic mass is 16.6. The first kappa shape index (κ1) is 17.6. The first-order valence-electron chi connectivity index (χ1n) is 9.44. The minimum atomic E-state index is -1.07. The summed E-state index contributed by atoms with van der Waals surface area (Å²) in [7, 11) is 0. The molecule has 2 aromatic rings. The van der Waals surface area contributed by atoms with Crippen molar-refractivity contribution in [1.82, 2.24) is 4.90 Å². The Morgan fingerprint density at radius 2 is 1.63 bits per heavy atom. The van der Waals surface area contributed by atoms with Crippen molar-refractivity contribution in [1.29, 1.82) is 0 Å². The van der Waals surface area contributed by atoms with Crippen LogP contribution in [0.4, 0.5) is 4.79 Å². The molecule has 1 fully saturated rings. The van der Waals surface area contributed by atoms with Gasteiger partial charge in [0.15, 0.2) is 0 Å². The summed E-state index contributed by atoms with van der Waals surface area (Å²) in [6.07, 6.45) is 1.15. The second-order valence-electron chi connectivity index (χ2n) is 7.29. The molecule has 0 spiro atoms. The van der Waals surface area contributed by atoms with Gasteiger partial charge < -0.3 is 9.84 Å². The third-order valence-electron chi connectivity index (χ3n) is 5.64. The van der Waals surface area contributed by atoms with E-state index in [0.29, 0.717) is 25.8 Å². The molecule has 5 heteroatoms. The Bertz CT molecular complexity index is 842. The maximum Gasteiger partial charge on any atom is 0.410 e. The van der Waals surface area contributed by atoms with Gasteiger partial charge in [-0.05, 0) is 41.5 Å². The fourth-order valence-corrected chi connectivity index (χ4v) is 4.09. The zero-order valence-electron chi connectivity index (χ0n) is 15.4. The number of carbonyl (C=O) groups excluding carboxylic acids is 1. The summed E-state index contributed by atoms with van der Waals surface area (Å²) >= 11 is 0. The lowest BCUT2D eigenvalue weighted by Crippen LogP contribution is -2.48. The van der Waals surface area contributed by atoms with Crippen LogP contribution in [0.5, 0.6) is 0 Å². The largest absolute Gasteiger partial charge is 0.479 e. The molecule has 0 unspecified atom stereocenters. The van der Waals surface area contributed by atoms with Crippen molar-refractivity contribution in [2.24, 2.45) is 0 Å². The highest BCUT2D eigenvalue weighted by molar-refractivity contribution is 5.87. The van der Waals surface area contributed by atoms with Crippen molar-refractivity contribution >= 4 is 12.1 Å². The number of aliphatic carboxylic acids is 1. The molecule has 5 nitrogen and oxygen atoms in total. The number of hydrogen-bond acceptors (Lipinski definition) is 3. The molecule has 0 aliphatic heterocycles. The van der Waals surface area contributed by atoms with Gasteiger partial charge in [0.05, 0.1) is 0 Å². The van der Waals surface area contributed by atoms with Crippen molar-refractivity contribution in [3.8, 4) is 11.1 Å². The van der Waals surface area contributed by atoms with E-state index < -0.39 is 17.6 Å². The van der Waals surface area contributed by atoms with Gasteiger partial charge in [-0.25, -0.2) is 9.59 Å². The van der Waals surface area contributed by atoms with Crippen LogP contribution in [0.1, 0.15) is 43.2 Å². The van der Waals surface area contributed by atoms with E-state index in [0.717, 1.165) is 11.1 Å². The van der Waals surface area contributed by atoms with E-state index in [1.54, 1.807) is 0 Å². The predicted octanol–water partition coefficient (Wildman–Crippen LogP) is 4.26. The molecule has 2 aliphatic carbocycles. The summed E-state index contributed by atoms with van der Waals surface area (Å²) < 4.78 is 5.65. The second kappa shape index (κ2) is 6.72. The van der Waals surface area contributed by atoms with Crippen molar-refractivity contribution in [2.45, 2.75) is 37.6 Å². The van der Waals surface area contributed by atoms with Crippen LogP contribution in [-0.4, -0.2) is 40.8 Å². The molecule has 2 aliphatic rings. The normalized spacial score (nSPS) is 16.3. The van der Waals surface area contributed by atoms with Crippen LogP contribution in [-0.2, 0) is 9.53 Å². The van der Waals surface area contributed by atoms with E-state index in [4.69, 9.17) is 4.74 Å². The van der Waals surface area contributed by atoms with Gasteiger partial charge in [0, 0.05) is 12.5 Å². The molecule has 0 atom stereocenters. The zero-order valence-corrected chi connectivity index (χ0v) is 15.4. The summed E-state index contributed by atoms with van der Waals surface area (Å²) in [6.45, 7) is 2.54. The number of carbonyl (C=O) groups is 2. The number of hydrogen-bond donors (Lipinski definition) is 1. The Balaban J connectivity index is 1.55. The average molecular weight is 365 g/mol. The first-order chi connectivity index (χ1) is 13.1. The number of fused-ring (bicyclic) bond motifs is 3. The van der Waals surface area contributed by atoms with E-state index >= 15 is 0 Å². The van der Waals surface area contributed by atoms with Crippen LogP contribution in [0.2, 0.25) is 0 Å². The summed E-state index contributed by atoms with van der Waals surface area (Å²) in [4.78, 5) is 25.8. The maximum absolute atomic E-state index is 12.7. The molecule has 0 saturated heterocycles. The molecular weight excluding hydrogens is 342 g/mol. The molecule has 0 radical (unpaired) electrons. The third kappa shape index (κ3) is 2.87. The molecule has 1 amide bonds. The molecule has 1 N–H and O–H groups in total. The number of benzene rings is 2. The smallest absolute Gasteiger partial charge is 0.410 e. The van der Waals surface area contributed by atoms with E-state index in [2.05, 4.69) is 24.3 Å². The minimum Gasteiger partial charge on any atom is -0.479 e. The van der Waals surface area contributed by atoms with E-state index in [1.807, 2.05) is 31.2 Å². The first-order valence-corrected chi connectivity index (χ1v) is 9.44. The van der Waals surface area contributed by atoms with Crippen LogP contribution in [0, 0.1) is 0 Å². The Morgan fingerprint density at radius 3 is 2.11 bits per heavy atom. The van der Waals surface area contributed by atoms with E-state index in [1.165, 1.54) is 16.0 Å². The summed E-state index contributed by atoms with van der Waals surface area (Å²) in [5.41, 5.74) is 3.56. The van der Waals surface area contributed by atoms with Gasteiger partial charge in [-0.15, -0.1) is 0 Å². The Kier molecular flexibility index (Phi) is 4.38. The minimum absolute atomic E-state index is 0.0233. The predicted molar refractivity (Wildman–Crippen MR) is 102 cm³/mol. The Hall–Kier alpha value is -2.82. The quantitative estimate of drug-likeness (QED) is 0.830. The van der Waals surface area contributed by atoms with Crippen molar-refractivity contribution in [3.63, 3.8) is 0 Å². The Morgan fingerprint density at radius 1 is 1.07 bits per heavy atom. The summed E-state index contributed by atoms with van der Waals surface area (Å²) in [5.74, 6) is -0.964. The number of rotatable bonds is 6. The number of carboxylic acids is 1. The highest BCUT2D eigenvalue weighted by Crippen LogP contribution is 2.45. The van der Waals surface area contributed by atoms with Crippen molar-refractivity contribution in [3.05, 3.63) is 59.7 Å². The molecule has 0 bridgehead atoms. The molecule has 0 aromatic heterocycles. The zero-order chi connectivity index (χ0) is 19.0. The standard InChI is InChI=1S/C22H23NO4/c1-2-13-23(22(11-12-22)20(24)25)21(26)27-14-19-17-9-5-3-7-15(17)16-8-4-6-10-18(16)19/h3-10,19H,2,11-14H2,1H3,(H,24,25). The maximum atomic E-state index is 12.7. The van der Waals surface area contributed by atoms with Crippen molar-refractivity contribution in [2.75, 3.05) is 13.2 Å². The van der Waals surface area contributed by atoms with E-state index in [-0.39, 0.29) is 12.5 Å². The fourth-order valence-electron chi connectivity index (χ4n) is 4.09. The summed E-state index contributed by atoms with van der Waals surface area (Å²) in [5, 5.41) is 9.54. The van der Waals surface area contributed by atoms with Crippen LogP contribution in [0.25, 0.3) is 11.1 Å². The van der Waals surface area contributed by atoms with Gasteiger partial charge in [-0.3, -0.25) is 4.90 Å². The van der Waals surface area contributed by atoms with Gasteiger partial charge in [0.2, 0.25) is 0 Å². The molecule has 4 rings (SSSR count). The van der Waals surface area contributed by atoms with Crippen LogP contribution < -0.4 is 0 Å². The van der Waals surface area contributed by atoms with Gasteiger partial charge >= 0.3 is 12.1 Å². The van der Waals surface area contributed by atoms with Crippen LogP contribution in [0.15, 0.2) is 48.5 Å². The second-order valence-corrected chi connectivity index (χ2v) is 7.29. The number of ether oxygens (including phenoxy) is 1. The molecule has 140 valence electrons. The monoisotopic (exact) mass is 365 g/mol. The van der Waals surface area contributed by atoms with Crippen molar-refractivity contribution < 1.29 is 19.4 Å². The molecule has 2 aromatic carbocycles. The molecule has 27 heavy (non-hydrogen) atoms. The summed E-state index contributed by atoms with van der Waals surface area (Å²) in [6, 6.07) is 16.3.